The average Bonchev–Trinajstić information content (AvgIpc) is 3.32. The third-order valence-corrected chi connectivity index (χ3v) is 8.26. The third-order valence-electron chi connectivity index (χ3n) is 7.24. The number of carbonyl (C=O) groups is 2. The number of pyridine rings is 1. The Morgan fingerprint density at radius 3 is 2.45 bits per heavy atom. The van der Waals surface area contributed by atoms with Gasteiger partial charge in [-0.1, -0.05) is 23.9 Å². The van der Waals surface area contributed by atoms with E-state index in [9.17, 15) is 9.59 Å². The Morgan fingerprint density at radius 1 is 1.07 bits per heavy atom. The summed E-state index contributed by atoms with van der Waals surface area (Å²) in [7, 11) is 2.96. The van der Waals surface area contributed by atoms with Crippen molar-refractivity contribution in [3.63, 3.8) is 0 Å². The van der Waals surface area contributed by atoms with Gasteiger partial charge in [-0.15, -0.1) is 0 Å². The second-order valence-electron chi connectivity index (χ2n) is 11.8. The summed E-state index contributed by atoms with van der Waals surface area (Å²) in [6.45, 7) is 9.41. The summed E-state index contributed by atoms with van der Waals surface area (Å²) in [4.78, 5) is 41.6. The molecular weight excluding hydrogens is 582 g/mol. The number of amides is 1. The maximum absolute atomic E-state index is 12.4. The molecule has 4 heterocycles. The van der Waals surface area contributed by atoms with E-state index in [1.807, 2.05) is 56.6 Å². The van der Waals surface area contributed by atoms with Crippen molar-refractivity contribution in [3.05, 3.63) is 60.0 Å². The molecule has 1 aliphatic heterocycles. The van der Waals surface area contributed by atoms with Crippen LogP contribution in [0.5, 0.6) is 5.75 Å². The second-order valence-corrected chi connectivity index (χ2v) is 12.9. The van der Waals surface area contributed by atoms with Crippen LogP contribution in [0.1, 0.15) is 56.6 Å². The van der Waals surface area contributed by atoms with Crippen LogP contribution in [0.25, 0.3) is 11.2 Å². The van der Waals surface area contributed by atoms with E-state index in [0.717, 1.165) is 30.0 Å². The maximum Gasteiger partial charge on any atom is 0.408 e. The van der Waals surface area contributed by atoms with Crippen LogP contribution in [0.3, 0.4) is 0 Å². The van der Waals surface area contributed by atoms with Crippen LogP contribution in [0.2, 0.25) is 0 Å². The molecule has 3 aromatic heterocycles. The first-order valence-electron chi connectivity index (χ1n) is 14.3. The van der Waals surface area contributed by atoms with Crippen molar-refractivity contribution in [1.29, 1.82) is 0 Å². The number of anilines is 1. The quantitative estimate of drug-likeness (QED) is 0.264. The first-order valence-corrected chi connectivity index (χ1v) is 15.1. The molecule has 0 spiro atoms. The van der Waals surface area contributed by atoms with Crippen molar-refractivity contribution >= 4 is 40.8 Å². The maximum atomic E-state index is 12.4. The van der Waals surface area contributed by atoms with E-state index < -0.39 is 23.2 Å². The fraction of sp³-hybridized carbons (Fsp3) is 0.419. The monoisotopic (exact) mass is 619 g/mol. The molecule has 1 aromatic carbocycles. The Kier molecular flexibility index (Phi) is 8.95. The van der Waals surface area contributed by atoms with Gasteiger partial charge in [0.2, 0.25) is 0 Å². The molecule has 5 rings (SSSR count). The number of carbonyl (C=O) groups excluding carboxylic acids is 2. The highest BCUT2D eigenvalue weighted by atomic mass is 32.2. The number of hydrogen-bond acceptors (Lipinski definition) is 11. The second kappa shape index (κ2) is 12.7. The molecule has 232 valence electrons. The van der Waals surface area contributed by atoms with Crippen molar-refractivity contribution in [2.75, 3.05) is 32.2 Å². The molecule has 1 N–H and O–H groups in total. The zero-order valence-corrected chi connectivity index (χ0v) is 26.6. The van der Waals surface area contributed by atoms with Crippen LogP contribution in [-0.4, -0.2) is 75.2 Å². The van der Waals surface area contributed by atoms with E-state index in [1.165, 1.54) is 18.9 Å². The molecule has 0 saturated carbocycles. The predicted molar refractivity (Wildman–Crippen MR) is 166 cm³/mol. The lowest BCUT2D eigenvalue weighted by atomic mass is 9.90. The highest BCUT2D eigenvalue weighted by Gasteiger charge is 2.34. The molecule has 0 aliphatic carbocycles. The third kappa shape index (κ3) is 7.21. The number of fused-ring (bicyclic) bond motifs is 1. The number of ether oxygens (including phenoxy) is 3. The lowest BCUT2D eigenvalue weighted by molar-refractivity contribution is 0.0447. The molecular formula is C31H37N7O5S. The van der Waals surface area contributed by atoms with Crippen molar-refractivity contribution in [2.45, 2.75) is 68.1 Å². The molecule has 0 radical (unpaired) electrons. The van der Waals surface area contributed by atoms with Gasteiger partial charge in [0.1, 0.15) is 22.7 Å². The SMILES string of the molecule is COC(=O)c1ncccc1Sc1nn(Cc2ccc(OC)cc2)c2nc(N3CCC(C)(NC(=O)OC(C)(C)C)CC3)cnc12. The van der Waals surface area contributed by atoms with Gasteiger partial charge < -0.3 is 24.4 Å². The Bertz CT molecular complexity index is 1640. The smallest absolute Gasteiger partial charge is 0.408 e. The van der Waals surface area contributed by atoms with E-state index >= 15 is 0 Å². The van der Waals surface area contributed by atoms with E-state index in [0.29, 0.717) is 40.7 Å². The van der Waals surface area contributed by atoms with Gasteiger partial charge in [0.05, 0.1) is 27.0 Å². The molecule has 13 heteroatoms. The minimum atomic E-state index is -0.560. The number of aromatic nitrogens is 5. The minimum Gasteiger partial charge on any atom is -0.497 e. The zero-order valence-electron chi connectivity index (χ0n) is 25.8. The first-order chi connectivity index (χ1) is 21.0. The van der Waals surface area contributed by atoms with Crippen molar-refractivity contribution in [2.24, 2.45) is 0 Å². The number of alkyl carbamates (subject to hydrolysis) is 1. The van der Waals surface area contributed by atoms with Crippen molar-refractivity contribution in [1.82, 2.24) is 30.0 Å². The van der Waals surface area contributed by atoms with Crippen LogP contribution < -0.4 is 15.0 Å². The number of nitrogens with zero attached hydrogens (tertiary/aromatic N) is 6. The van der Waals surface area contributed by atoms with Gasteiger partial charge in [-0.3, -0.25) is 0 Å². The number of benzene rings is 1. The van der Waals surface area contributed by atoms with Gasteiger partial charge in [0.25, 0.3) is 0 Å². The van der Waals surface area contributed by atoms with E-state index in [2.05, 4.69) is 15.2 Å². The lowest BCUT2D eigenvalue weighted by Crippen LogP contribution is -2.54. The van der Waals surface area contributed by atoms with Crippen LogP contribution in [0.4, 0.5) is 10.6 Å². The predicted octanol–water partition coefficient (Wildman–Crippen LogP) is 5.10. The number of hydrogen-bond donors (Lipinski definition) is 1. The van der Waals surface area contributed by atoms with Crippen molar-refractivity contribution < 1.29 is 23.8 Å². The topological polar surface area (TPSA) is 134 Å². The molecule has 1 fully saturated rings. The molecule has 0 atom stereocenters. The number of methoxy groups -OCH3 is 2. The summed E-state index contributed by atoms with van der Waals surface area (Å²) in [6, 6.07) is 11.3. The van der Waals surface area contributed by atoms with Gasteiger partial charge in [-0.25, -0.2) is 29.2 Å². The molecule has 4 aromatic rings. The Hall–Kier alpha value is -4.39. The van der Waals surface area contributed by atoms with E-state index in [-0.39, 0.29) is 5.69 Å². The molecule has 1 amide bonds. The van der Waals surface area contributed by atoms with Crippen LogP contribution in [-0.2, 0) is 16.0 Å². The highest BCUT2D eigenvalue weighted by Crippen LogP contribution is 2.34. The first kappa shape index (κ1) is 31.0. The molecule has 44 heavy (non-hydrogen) atoms. The summed E-state index contributed by atoms with van der Waals surface area (Å²) in [5.41, 5.74) is 1.49. The molecule has 12 nitrogen and oxygen atoms in total. The summed E-state index contributed by atoms with van der Waals surface area (Å²) < 4.78 is 17.5. The largest absolute Gasteiger partial charge is 0.497 e. The normalized spacial score (nSPS) is 14.7. The molecule has 0 bridgehead atoms. The van der Waals surface area contributed by atoms with Crippen LogP contribution in [0, 0.1) is 0 Å². The highest BCUT2D eigenvalue weighted by molar-refractivity contribution is 7.99. The van der Waals surface area contributed by atoms with Gasteiger partial charge in [0.15, 0.2) is 16.4 Å². The van der Waals surface area contributed by atoms with Gasteiger partial charge in [-0.05, 0) is 70.4 Å². The fourth-order valence-electron chi connectivity index (χ4n) is 4.87. The van der Waals surface area contributed by atoms with Crippen molar-refractivity contribution in [3.8, 4) is 5.75 Å². The molecule has 1 saturated heterocycles. The number of rotatable bonds is 8. The zero-order chi connectivity index (χ0) is 31.5. The van der Waals surface area contributed by atoms with Gasteiger partial charge in [0, 0.05) is 29.7 Å². The summed E-state index contributed by atoms with van der Waals surface area (Å²) in [5, 5.41) is 8.53. The van der Waals surface area contributed by atoms with Crippen LogP contribution >= 0.6 is 11.8 Å². The summed E-state index contributed by atoms with van der Waals surface area (Å²) >= 11 is 1.29. The Balaban J connectivity index is 1.43. The number of esters is 1. The Labute approximate surface area is 260 Å². The lowest BCUT2D eigenvalue weighted by Gasteiger charge is -2.40. The average molecular weight is 620 g/mol. The molecule has 1 aliphatic rings. The van der Waals surface area contributed by atoms with Gasteiger partial charge in [-0.2, -0.15) is 5.10 Å². The fourth-order valence-corrected chi connectivity index (χ4v) is 5.84. The van der Waals surface area contributed by atoms with E-state index in [1.54, 1.807) is 31.6 Å². The Morgan fingerprint density at radius 2 is 1.80 bits per heavy atom. The molecule has 0 unspecified atom stereocenters. The number of piperidine rings is 1. The minimum absolute atomic E-state index is 0.207. The van der Waals surface area contributed by atoms with E-state index in [4.69, 9.17) is 29.3 Å². The summed E-state index contributed by atoms with van der Waals surface area (Å²) in [6.07, 6.45) is 4.33. The van der Waals surface area contributed by atoms with Crippen LogP contribution in [0.15, 0.2) is 58.7 Å². The van der Waals surface area contributed by atoms with Gasteiger partial charge >= 0.3 is 12.1 Å². The number of nitrogens with one attached hydrogen (secondary N) is 1. The summed E-state index contributed by atoms with van der Waals surface area (Å²) in [5.74, 6) is 0.963. The standard InChI is InChI=1S/C31H37N7O5S/c1-30(2,3)43-29(40)35-31(4)13-16-37(17-14-31)23-18-33-25-26(34-23)38(19-20-9-11-21(41-5)12-10-20)36-27(25)44-22-8-7-15-32-24(22)28(39)42-6/h7-12,15,18H,13-14,16-17,19H2,1-6H3,(H,35,40).